The van der Waals surface area contributed by atoms with Crippen LogP contribution in [0.5, 0.6) is 0 Å². The molecule has 0 bridgehead atoms. The van der Waals surface area contributed by atoms with E-state index in [4.69, 9.17) is 16.6 Å². The molecule has 1 saturated carbocycles. The van der Waals surface area contributed by atoms with Crippen LogP contribution in [-0.2, 0) is 0 Å². The maximum absolute atomic E-state index is 12.1. The van der Waals surface area contributed by atoms with Gasteiger partial charge in [-0.2, -0.15) is 0 Å². The van der Waals surface area contributed by atoms with Gasteiger partial charge in [0.1, 0.15) is 0 Å². The Kier molecular flexibility index (Phi) is 4.08. The maximum Gasteiger partial charge on any atom is 0.284 e. The number of aromatic amines is 1. The number of H-pyrrole nitrogens is 1. The number of amides is 1. The summed E-state index contributed by atoms with van der Waals surface area (Å²) in [5, 5.41) is 19.5. The quantitative estimate of drug-likeness (QED) is 0.753. The lowest BCUT2D eigenvalue weighted by molar-refractivity contribution is 0.0449. The van der Waals surface area contributed by atoms with Crippen molar-refractivity contribution < 1.29 is 14.3 Å². The van der Waals surface area contributed by atoms with Gasteiger partial charge in [0.2, 0.25) is 5.89 Å². The second-order valence-electron chi connectivity index (χ2n) is 5.61. The molecule has 22 heavy (non-hydrogen) atoms. The zero-order chi connectivity index (χ0) is 15.6. The second kappa shape index (κ2) is 6.02. The maximum atomic E-state index is 12.1. The van der Waals surface area contributed by atoms with Crippen molar-refractivity contribution in [2.75, 3.05) is 6.54 Å². The number of rotatable bonds is 4. The van der Waals surface area contributed by atoms with Crippen LogP contribution >= 0.6 is 12.2 Å². The van der Waals surface area contributed by atoms with E-state index in [2.05, 4.69) is 15.5 Å². The first-order valence-corrected chi connectivity index (χ1v) is 7.63. The summed E-state index contributed by atoms with van der Waals surface area (Å²) in [6, 6.07) is 6.87. The van der Waals surface area contributed by atoms with Crippen LogP contribution in [0.15, 0.2) is 28.7 Å². The summed E-state index contributed by atoms with van der Waals surface area (Å²) >= 11 is 4.83. The third-order valence-corrected chi connectivity index (χ3v) is 4.12. The fraction of sp³-hybridized carbons (Fsp3) is 0.400. The Hall–Kier alpha value is -1.99. The van der Waals surface area contributed by atoms with E-state index < -0.39 is 5.60 Å². The summed E-state index contributed by atoms with van der Waals surface area (Å²) < 4.78 is 5.21. The van der Waals surface area contributed by atoms with E-state index in [0.29, 0.717) is 18.0 Å². The minimum Gasteiger partial charge on any atom is -0.409 e. The zero-order valence-electron chi connectivity index (χ0n) is 12.0. The summed E-state index contributed by atoms with van der Waals surface area (Å²) in [6.07, 6.45) is 3.52. The molecule has 0 atom stereocenters. The number of carbonyl (C=O) groups excluding carboxylic acids is 1. The number of nitrogens with zero attached hydrogens (tertiary/aromatic N) is 1. The first-order chi connectivity index (χ1) is 10.6. The van der Waals surface area contributed by atoms with E-state index in [1.807, 2.05) is 0 Å². The van der Waals surface area contributed by atoms with Crippen LogP contribution in [0.3, 0.4) is 0 Å². The normalized spacial score (nSPS) is 16.6. The van der Waals surface area contributed by atoms with Gasteiger partial charge in [-0.3, -0.25) is 4.79 Å². The Labute approximate surface area is 132 Å². The van der Waals surface area contributed by atoms with Crippen LogP contribution in [0.1, 0.15) is 36.0 Å². The Morgan fingerprint density at radius 2 is 2.05 bits per heavy atom. The summed E-state index contributed by atoms with van der Waals surface area (Å²) in [7, 11) is 0. The van der Waals surface area contributed by atoms with Gasteiger partial charge in [0.25, 0.3) is 10.7 Å². The molecular formula is C15H17N3O3S. The Morgan fingerprint density at radius 3 is 2.64 bits per heavy atom. The average molecular weight is 319 g/mol. The highest BCUT2D eigenvalue weighted by atomic mass is 32.1. The Morgan fingerprint density at radius 1 is 1.36 bits per heavy atom. The van der Waals surface area contributed by atoms with Gasteiger partial charge in [-0.15, -0.1) is 5.10 Å². The molecular weight excluding hydrogens is 302 g/mol. The number of carbonyl (C=O) groups is 1. The predicted molar refractivity (Wildman–Crippen MR) is 82.9 cm³/mol. The molecule has 1 heterocycles. The zero-order valence-corrected chi connectivity index (χ0v) is 12.8. The molecule has 1 aliphatic rings. The molecule has 0 spiro atoms. The van der Waals surface area contributed by atoms with Crippen molar-refractivity contribution in [3.05, 3.63) is 34.7 Å². The summed E-state index contributed by atoms with van der Waals surface area (Å²) in [6.45, 7) is 0.293. The minimum absolute atomic E-state index is 0.199. The van der Waals surface area contributed by atoms with Gasteiger partial charge in [-0.25, -0.2) is 5.10 Å². The molecule has 1 fully saturated rings. The molecule has 1 amide bonds. The first-order valence-electron chi connectivity index (χ1n) is 7.22. The van der Waals surface area contributed by atoms with Crippen molar-refractivity contribution in [3.8, 4) is 11.5 Å². The van der Waals surface area contributed by atoms with Gasteiger partial charge in [0.05, 0.1) is 5.60 Å². The molecule has 0 unspecified atom stereocenters. The van der Waals surface area contributed by atoms with Crippen molar-refractivity contribution in [1.82, 2.24) is 15.5 Å². The van der Waals surface area contributed by atoms with Crippen LogP contribution < -0.4 is 5.32 Å². The van der Waals surface area contributed by atoms with Gasteiger partial charge in [-0.05, 0) is 49.3 Å². The predicted octanol–water partition coefficient (Wildman–Crippen LogP) is 2.43. The van der Waals surface area contributed by atoms with Crippen LogP contribution in [0.25, 0.3) is 11.5 Å². The van der Waals surface area contributed by atoms with Crippen LogP contribution in [-0.4, -0.2) is 33.4 Å². The molecule has 0 radical (unpaired) electrons. The van der Waals surface area contributed by atoms with Gasteiger partial charge < -0.3 is 14.8 Å². The molecule has 1 aromatic carbocycles. The topological polar surface area (TPSA) is 91.1 Å². The summed E-state index contributed by atoms with van der Waals surface area (Å²) in [4.78, 5) is 12.3. The molecule has 3 N–H and O–H groups in total. The van der Waals surface area contributed by atoms with E-state index in [1.165, 1.54) is 0 Å². The van der Waals surface area contributed by atoms with Crippen molar-refractivity contribution in [2.45, 2.75) is 31.3 Å². The van der Waals surface area contributed by atoms with E-state index >= 15 is 0 Å². The summed E-state index contributed by atoms with van der Waals surface area (Å²) in [5.74, 6) is 0.187. The molecule has 2 aromatic rings. The summed E-state index contributed by atoms with van der Waals surface area (Å²) in [5.41, 5.74) is 0.515. The molecule has 1 aromatic heterocycles. The van der Waals surface area contributed by atoms with Gasteiger partial charge in [0, 0.05) is 17.7 Å². The first kappa shape index (κ1) is 14.9. The number of aromatic nitrogens is 2. The van der Waals surface area contributed by atoms with E-state index in [9.17, 15) is 9.90 Å². The van der Waals surface area contributed by atoms with Crippen LogP contribution in [0.4, 0.5) is 0 Å². The van der Waals surface area contributed by atoms with Crippen LogP contribution in [0.2, 0.25) is 0 Å². The van der Waals surface area contributed by atoms with E-state index in [1.54, 1.807) is 24.3 Å². The average Bonchev–Trinajstić information content (AvgIpc) is 3.14. The van der Waals surface area contributed by atoms with Gasteiger partial charge in [0.15, 0.2) is 0 Å². The number of benzene rings is 1. The molecule has 0 saturated heterocycles. The molecule has 116 valence electrons. The number of hydrogen-bond acceptors (Lipinski definition) is 5. The lowest BCUT2D eigenvalue weighted by Gasteiger charge is -2.22. The molecule has 3 rings (SSSR count). The van der Waals surface area contributed by atoms with Crippen molar-refractivity contribution in [2.24, 2.45) is 0 Å². The number of hydrogen-bond donors (Lipinski definition) is 3. The van der Waals surface area contributed by atoms with Gasteiger partial charge in [-0.1, -0.05) is 12.8 Å². The molecule has 1 aliphatic carbocycles. The smallest absolute Gasteiger partial charge is 0.284 e. The van der Waals surface area contributed by atoms with Crippen molar-refractivity contribution in [1.29, 1.82) is 0 Å². The molecule has 0 aliphatic heterocycles. The van der Waals surface area contributed by atoms with E-state index in [0.717, 1.165) is 31.2 Å². The Balaban J connectivity index is 1.64. The molecule has 7 heteroatoms. The highest BCUT2D eigenvalue weighted by Gasteiger charge is 2.31. The largest absolute Gasteiger partial charge is 0.409 e. The lowest BCUT2D eigenvalue weighted by atomic mass is 10.0. The number of nitrogens with one attached hydrogen (secondary N) is 2. The lowest BCUT2D eigenvalue weighted by Crippen LogP contribution is -2.40. The fourth-order valence-corrected chi connectivity index (χ4v) is 2.80. The highest BCUT2D eigenvalue weighted by Crippen LogP contribution is 2.28. The highest BCUT2D eigenvalue weighted by molar-refractivity contribution is 7.71. The third-order valence-electron chi connectivity index (χ3n) is 3.94. The minimum atomic E-state index is -0.747. The Bertz CT molecular complexity index is 714. The fourth-order valence-electron chi connectivity index (χ4n) is 2.67. The molecule has 6 nitrogen and oxygen atoms in total. The van der Waals surface area contributed by atoms with Crippen LogP contribution in [0, 0.1) is 4.84 Å². The second-order valence-corrected chi connectivity index (χ2v) is 5.98. The SMILES string of the molecule is O=C(NCC1(O)CCCC1)c1ccc(-c2n[nH]c(=S)o2)cc1. The third kappa shape index (κ3) is 3.26. The van der Waals surface area contributed by atoms with E-state index in [-0.39, 0.29) is 10.7 Å². The number of aliphatic hydroxyl groups is 1. The van der Waals surface area contributed by atoms with Crippen molar-refractivity contribution in [3.63, 3.8) is 0 Å². The van der Waals surface area contributed by atoms with Crippen molar-refractivity contribution >= 4 is 18.1 Å². The standard InChI is InChI=1S/C15H17N3O3S/c19-12(16-9-15(20)7-1-2-8-15)10-3-5-11(6-4-10)13-17-18-14(22)21-13/h3-6,20H,1-2,7-9H2,(H,16,19)(H,18,22). The van der Waals surface area contributed by atoms with Gasteiger partial charge >= 0.3 is 0 Å². The monoisotopic (exact) mass is 319 g/mol.